The van der Waals surface area contributed by atoms with Gasteiger partial charge in [0.1, 0.15) is 5.15 Å². The third-order valence-corrected chi connectivity index (χ3v) is 1.88. The maximum absolute atomic E-state index is 5.80. The molecule has 2 aromatic rings. The Kier molecular flexibility index (Phi) is 2.16. The lowest BCUT2D eigenvalue weighted by Crippen LogP contribution is -1.85. The maximum Gasteiger partial charge on any atom is 0.223 e. The molecule has 0 aliphatic rings. The molecule has 0 bridgehead atoms. The zero-order valence-corrected chi connectivity index (χ0v) is 7.75. The standard InChI is InChI=1S/C7H3Cl2N3O/c8-6-4(1-11-7(9)12-6)5-2-10-3-13-5/h1-3H. The van der Waals surface area contributed by atoms with Gasteiger partial charge in [-0.1, -0.05) is 11.6 Å². The zero-order valence-electron chi connectivity index (χ0n) is 6.24. The molecule has 0 saturated carbocycles. The van der Waals surface area contributed by atoms with Gasteiger partial charge in [-0.15, -0.1) is 0 Å². The van der Waals surface area contributed by atoms with E-state index in [-0.39, 0.29) is 10.4 Å². The summed E-state index contributed by atoms with van der Waals surface area (Å²) >= 11 is 11.3. The number of rotatable bonds is 1. The fourth-order valence-corrected chi connectivity index (χ4v) is 1.25. The van der Waals surface area contributed by atoms with Crippen LogP contribution >= 0.6 is 23.2 Å². The van der Waals surface area contributed by atoms with Gasteiger partial charge in [-0.05, 0) is 11.6 Å². The second kappa shape index (κ2) is 3.32. The molecule has 2 aromatic heterocycles. The smallest absolute Gasteiger partial charge is 0.223 e. The van der Waals surface area contributed by atoms with E-state index in [1.165, 1.54) is 18.8 Å². The molecule has 2 heterocycles. The van der Waals surface area contributed by atoms with E-state index in [0.29, 0.717) is 11.3 Å². The second-order valence-electron chi connectivity index (χ2n) is 2.21. The van der Waals surface area contributed by atoms with E-state index >= 15 is 0 Å². The van der Waals surface area contributed by atoms with E-state index in [1.54, 1.807) is 0 Å². The summed E-state index contributed by atoms with van der Waals surface area (Å²) in [6.45, 7) is 0. The first-order chi connectivity index (χ1) is 6.27. The number of nitrogens with zero attached hydrogens (tertiary/aromatic N) is 3. The molecule has 2 rings (SSSR count). The fourth-order valence-electron chi connectivity index (χ4n) is 0.855. The monoisotopic (exact) mass is 215 g/mol. The molecule has 0 saturated heterocycles. The quantitative estimate of drug-likeness (QED) is 0.542. The van der Waals surface area contributed by atoms with Crippen LogP contribution in [-0.4, -0.2) is 15.0 Å². The van der Waals surface area contributed by atoms with Crippen LogP contribution in [0.4, 0.5) is 0 Å². The summed E-state index contributed by atoms with van der Waals surface area (Å²) in [5.41, 5.74) is 0.573. The molecular weight excluding hydrogens is 213 g/mol. The first-order valence-electron chi connectivity index (χ1n) is 3.34. The van der Waals surface area contributed by atoms with Crippen molar-refractivity contribution in [3.63, 3.8) is 0 Å². The van der Waals surface area contributed by atoms with Crippen molar-refractivity contribution in [1.82, 2.24) is 15.0 Å². The Balaban J connectivity index is 2.53. The molecule has 0 amide bonds. The molecule has 0 aliphatic carbocycles. The highest BCUT2D eigenvalue weighted by atomic mass is 35.5. The Morgan fingerprint density at radius 1 is 1.23 bits per heavy atom. The third kappa shape index (κ3) is 1.64. The van der Waals surface area contributed by atoms with Gasteiger partial charge >= 0.3 is 0 Å². The highest BCUT2D eigenvalue weighted by Crippen LogP contribution is 2.25. The number of aromatic nitrogens is 3. The first kappa shape index (κ1) is 8.47. The summed E-state index contributed by atoms with van der Waals surface area (Å²) in [6.07, 6.45) is 4.32. The predicted octanol–water partition coefficient (Wildman–Crippen LogP) is 2.44. The van der Waals surface area contributed by atoms with Gasteiger partial charge in [-0.3, -0.25) is 0 Å². The molecule has 0 aliphatic heterocycles. The number of oxazole rings is 1. The Morgan fingerprint density at radius 2 is 2.08 bits per heavy atom. The minimum absolute atomic E-state index is 0.105. The fraction of sp³-hybridized carbons (Fsp3) is 0. The van der Waals surface area contributed by atoms with Gasteiger partial charge in [0.25, 0.3) is 0 Å². The number of hydrogen-bond acceptors (Lipinski definition) is 4. The molecule has 13 heavy (non-hydrogen) atoms. The van der Waals surface area contributed by atoms with Crippen molar-refractivity contribution in [3.05, 3.63) is 29.2 Å². The van der Waals surface area contributed by atoms with Crippen molar-refractivity contribution in [2.75, 3.05) is 0 Å². The molecule has 66 valence electrons. The Bertz CT molecular complexity index is 416. The molecule has 6 heteroatoms. The van der Waals surface area contributed by atoms with Gasteiger partial charge in [-0.25, -0.2) is 15.0 Å². The Morgan fingerprint density at radius 3 is 2.69 bits per heavy atom. The lowest BCUT2D eigenvalue weighted by Gasteiger charge is -1.97. The van der Waals surface area contributed by atoms with Crippen LogP contribution in [0.5, 0.6) is 0 Å². The Hall–Kier alpha value is -1.13. The van der Waals surface area contributed by atoms with Gasteiger partial charge in [0.05, 0.1) is 11.8 Å². The van der Waals surface area contributed by atoms with Crippen molar-refractivity contribution in [1.29, 1.82) is 0 Å². The number of halogens is 2. The van der Waals surface area contributed by atoms with Gasteiger partial charge in [0, 0.05) is 6.20 Å². The minimum Gasteiger partial charge on any atom is -0.443 e. The van der Waals surface area contributed by atoms with E-state index in [1.807, 2.05) is 0 Å². The summed E-state index contributed by atoms with van der Waals surface area (Å²) in [6, 6.07) is 0. The zero-order chi connectivity index (χ0) is 9.26. The van der Waals surface area contributed by atoms with Crippen LogP contribution in [0.3, 0.4) is 0 Å². The molecule has 0 radical (unpaired) electrons. The maximum atomic E-state index is 5.80. The highest BCUT2D eigenvalue weighted by molar-refractivity contribution is 6.33. The normalized spacial score (nSPS) is 10.3. The van der Waals surface area contributed by atoms with Crippen LogP contribution < -0.4 is 0 Å². The molecule has 0 N–H and O–H groups in total. The molecule has 0 fully saturated rings. The van der Waals surface area contributed by atoms with E-state index in [9.17, 15) is 0 Å². The van der Waals surface area contributed by atoms with E-state index in [0.717, 1.165) is 0 Å². The summed E-state index contributed by atoms with van der Waals surface area (Å²) in [7, 11) is 0. The van der Waals surface area contributed by atoms with E-state index < -0.39 is 0 Å². The SMILES string of the molecule is Clc1ncc(-c2cnco2)c(Cl)n1. The molecular formula is C7H3Cl2N3O. The van der Waals surface area contributed by atoms with Gasteiger partial charge in [-0.2, -0.15) is 0 Å². The summed E-state index contributed by atoms with van der Waals surface area (Å²) < 4.78 is 5.02. The van der Waals surface area contributed by atoms with Crippen molar-refractivity contribution >= 4 is 23.2 Å². The van der Waals surface area contributed by atoms with Crippen LogP contribution in [0, 0.1) is 0 Å². The first-order valence-corrected chi connectivity index (χ1v) is 4.10. The topological polar surface area (TPSA) is 51.8 Å². The van der Waals surface area contributed by atoms with Gasteiger partial charge in [0.2, 0.25) is 5.28 Å². The highest BCUT2D eigenvalue weighted by Gasteiger charge is 2.08. The summed E-state index contributed by atoms with van der Waals surface area (Å²) in [5.74, 6) is 0.515. The van der Waals surface area contributed by atoms with Crippen molar-refractivity contribution in [2.45, 2.75) is 0 Å². The van der Waals surface area contributed by atoms with Crippen molar-refractivity contribution in [2.24, 2.45) is 0 Å². The van der Waals surface area contributed by atoms with Crippen LogP contribution in [0.25, 0.3) is 11.3 Å². The lowest BCUT2D eigenvalue weighted by atomic mass is 10.3. The Labute approximate surface area is 83.5 Å². The molecule has 0 aromatic carbocycles. The average Bonchev–Trinajstić information content (AvgIpc) is 2.56. The van der Waals surface area contributed by atoms with Crippen molar-refractivity contribution < 1.29 is 4.42 Å². The van der Waals surface area contributed by atoms with Crippen LogP contribution in [0.2, 0.25) is 10.4 Å². The third-order valence-electron chi connectivity index (χ3n) is 1.41. The van der Waals surface area contributed by atoms with Crippen molar-refractivity contribution in [3.8, 4) is 11.3 Å². The average molecular weight is 216 g/mol. The van der Waals surface area contributed by atoms with E-state index in [2.05, 4.69) is 15.0 Å². The summed E-state index contributed by atoms with van der Waals surface area (Å²) in [5, 5.41) is 0.352. The minimum atomic E-state index is 0.105. The molecule has 0 atom stereocenters. The second-order valence-corrected chi connectivity index (χ2v) is 2.91. The lowest BCUT2D eigenvalue weighted by molar-refractivity contribution is 0.571. The molecule has 0 spiro atoms. The van der Waals surface area contributed by atoms with Crippen LogP contribution in [0.15, 0.2) is 23.2 Å². The van der Waals surface area contributed by atoms with Crippen LogP contribution in [0.1, 0.15) is 0 Å². The number of hydrogen-bond donors (Lipinski definition) is 0. The molecule has 4 nitrogen and oxygen atoms in total. The predicted molar refractivity (Wildman–Crippen MR) is 47.5 cm³/mol. The van der Waals surface area contributed by atoms with Crippen LogP contribution in [-0.2, 0) is 0 Å². The largest absolute Gasteiger partial charge is 0.443 e. The summed E-state index contributed by atoms with van der Waals surface area (Å²) in [4.78, 5) is 11.3. The van der Waals surface area contributed by atoms with Gasteiger partial charge in [0.15, 0.2) is 12.2 Å². The van der Waals surface area contributed by atoms with Gasteiger partial charge < -0.3 is 4.42 Å². The molecule has 0 unspecified atom stereocenters. The van der Waals surface area contributed by atoms with E-state index in [4.69, 9.17) is 27.6 Å².